The van der Waals surface area contributed by atoms with Gasteiger partial charge in [0.05, 0.1) is 12.5 Å². The molecule has 4 heteroatoms. The third-order valence-electron chi connectivity index (χ3n) is 1.58. The smallest absolute Gasteiger partial charge is 0.157 e. The van der Waals surface area contributed by atoms with E-state index in [2.05, 4.69) is 4.98 Å². The average molecular weight is 200 g/mol. The fourth-order valence-electron chi connectivity index (χ4n) is 1.07. The van der Waals surface area contributed by atoms with Crippen LogP contribution in [-0.4, -0.2) is 12.1 Å². The Morgan fingerprint density at radius 3 is 3.17 bits per heavy atom. The molecular weight excluding hydrogens is 194 g/mol. The van der Waals surface area contributed by atoms with Crippen molar-refractivity contribution < 1.29 is 4.74 Å². The molecule has 0 atom stereocenters. The van der Waals surface area contributed by atoms with Crippen molar-refractivity contribution in [1.29, 1.82) is 0 Å². The van der Waals surface area contributed by atoms with Gasteiger partial charge in [-0.25, -0.2) is 4.98 Å². The molecule has 0 fully saturated rings. The summed E-state index contributed by atoms with van der Waals surface area (Å²) in [7, 11) is 1.61. The number of hydrogen-bond acceptors (Lipinski definition) is 3. The molecular formula is C8H6ClNOS. The van der Waals surface area contributed by atoms with Crippen LogP contribution in [0.2, 0.25) is 4.34 Å². The first kappa shape index (κ1) is 7.83. The molecule has 0 aliphatic carbocycles. The monoisotopic (exact) mass is 199 g/mol. The van der Waals surface area contributed by atoms with Crippen molar-refractivity contribution in [3.63, 3.8) is 0 Å². The lowest BCUT2D eigenvalue weighted by Crippen LogP contribution is -1.80. The molecule has 0 amide bonds. The van der Waals surface area contributed by atoms with Gasteiger partial charge in [-0.2, -0.15) is 0 Å². The average Bonchev–Trinajstić information content (AvgIpc) is 2.40. The number of rotatable bonds is 1. The first-order valence-electron chi connectivity index (χ1n) is 3.40. The predicted molar refractivity (Wildman–Crippen MR) is 51.2 cm³/mol. The summed E-state index contributed by atoms with van der Waals surface area (Å²) in [5.41, 5.74) is 0. The number of pyridine rings is 1. The second-order valence-electron chi connectivity index (χ2n) is 2.27. The van der Waals surface area contributed by atoms with Crippen molar-refractivity contribution in [2.24, 2.45) is 0 Å². The number of aromatic nitrogens is 1. The predicted octanol–water partition coefficient (Wildman–Crippen LogP) is 2.96. The van der Waals surface area contributed by atoms with E-state index in [0.29, 0.717) is 4.34 Å². The van der Waals surface area contributed by atoms with Crippen LogP contribution >= 0.6 is 22.9 Å². The van der Waals surface area contributed by atoms with Crippen molar-refractivity contribution in [3.05, 3.63) is 22.7 Å². The van der Waals surface area contributed by atoms with Crippen molar-refractivity contribution in [2.75, 3.05) is 7.11 Å². The fourth-order valence-corrected chi connectivity index (χ4v) is 2.31. The minimum atomic E-state index is 0.659. The zero-order valence-corrected chi connectivity index (χ0v) is 7.95. The highest BCUT2D eigenvalue weighted by atomic mass is 35.5. The van der Waals surface area contributed by atoms with Gasteiger partial charge in [-0.15, -0.1) is 0 Å². The Morgan fingerprint density at radius 2 is 2.42 bits per heavy atom. The Labute approximate surface area is 78.8 Å². The van der Waals surface area contributed by atoms with E-state index >= 15 is 0 Å². The van der Waals surface area contributed by atoms with Crippen LogP contribution in [0.15, 0.2) is 18.3 Å². The van der Waals surface area contributed by atoms with E-state index in [1.165, 1.54) is 11.3 Å². The van der Waals surface area contributed by atoms with Crippen molar-refractivity contribution in [2.45, 2.75) is 0 Å². The van der Waals surface area contributed by atoms with E-state index in [0.717, 1.165) is 16.0 Å². The Kier molecular flexibility index (Phi) is 1.90. The zero-order chi connectivity index (χ0) is 8.55. The molecule has 0 N–H and O–H groups in total. The normalized spacial score (nSPS) is 10.5. The molecule has 62 valence electrons. The number of thiophene rings is 1. The molecule has 0 aliphatic heterocycles. The lowest BCUT2D eigenvalue weighted by Gasteiger charge is -1.95. The van der Waals surface area contributed by atoms with E-state index in [9.17, 15) is 0 Å². The van der Waals surface area contributed by atoms with Gasteiger partial charge in [-0.1, -0.05) is 22.9 Å². The van der Waals surface area contributed by atoms with Gasteiger partial charge in [0.15, 0.2) is 5.75 Å². The Morgan fingerprint density at radius 1 is 1.58 bits per heavy atom. The summed E-state index contributed by atoms with van der Waals surface area (Å²) in [5, 5.41) is 0.981. The Bertz CT molecular complexity index is 412. The number of hydrogen-bond donors (Lipinski definition) is 0. The SMILES string of the molecule is COc1c(Cl)sc2ncccc12. The third-order valence-corrected chi connectivity index (χ3v) is 2.87. The molecule has 0 spiro atoms. The lowest BCUT2D eigenvalue weighted by molar-refractivity contribution is 0.421. The van der Waals surface area contributed by atoms with E-state index in [-0.39, 0.29) is 0 Å². The molecule has 0 bridgehead atoms. The summed E-state index contributed by atoms with van der Waals surface area (Å²) in [6, 6.07) is 3.82. The number of halogens is 1. The van der Waals surface area contributed by atoms with Crippen LogP contribution in [0.1, 0.15) is 0 Å². The summed E-state index contributed by atoms with van der Waals surface area (Å²) >= 11 is 7.35. The number of methoxy groups -OCH3 is 1. The van der Waals surface area contributed by atoms with E-state index in [1.807, 2.05) is 12.1 Å². The lowest BCUT2D eigenvalue weighted by atomic mass is 10.3. The highest BCUT2D eigenvalue weighted by Gasteiger charge is 2.10. The summed E-state index contributed by atoms with van der Waals surface area (Å²) in [4.78, 5) is 5.08. The molecule has 2 nitrogen and oxygen atoms in total. The van der Waals surface area contributed by atoms with Gasteiger partial charge < -0.3 is 4.74 Å². The van der Waals surface area contributed by atoms with Crippen LogP contribution in [0.3, 0.4) is 0 Å². The van der Waals surface area contributed by atoms with Crippen LogP contribution in [0.5, 0.6) is 5.75 Å². The molecule has 0 radical (unpaired) electrons. The molecule has 0 aromatic carbocycles. The van der Waals surface area contributed by atoms with Crippen molar-refractivity contribution in [3.8, 4) is 5.75 Å². The fraction of sp³-hybridized carbons (Fsp3) is 0.125. The topological polar surface area (TPSA) is 22.1 Å². The molecule has 0 unspecified atom stereocenters. The van der Waals surface area contributed by atoms with Crippen LogP contribution in [-0.2, 0) is 0 Å². The minimum Gasteiger partial charge on any atom is -0.494 e. The molecule has 2 heterocycles. The van der Waals surface area contributed by atoms with Gasteiger partial charge in [0.1, 0.15) is 9.17 Å². The highest BCUT2D eigenvalue weighted by Crippen LogP contribution is 2.39. The van der Waals surface area contributed by atoms with Gasteiger partial charge in [0, 0.05) is 6.20 Å². The molecule has 2 rings (SSSR count). The van der Waals surface area contributed by atoms with Crippen molar-refractivity contribution in [1.82, 2.24) is 4.98 Å². The first-order valence-corrected chi connectivity index (χ1v) is 4.59. The van der Waals surface area contributed by atoms with Gasteiger partial charge >= 0.3 is 0 Å². The maximum Gasteiger partial charge on any atom is 0.157 e. The molecule has 12 heavy (non-hydrogen) atoms. The van der Waals surface area contributed by atoms with E-state index in [4.69, 9.17) is 16.3 Å². The maximum atomic E-state index is 5.92. The van der Waals surface area contributed by atoms with Gasteiger partial charge in [-0.3, -0.25) is 0 Å². The molecule has 2 aromatic rings. The zero-order valence-electron chi connectivity index (χ0n) is 6.37. The number of ether oxygens (including phenoxy) is 1. The Balaban J connectivity index is 2.81. The van der Waals surface area contributed by atoms with Crippen LogP contribution in [0.25, 0.3) is 10.2 Å². The molecule has 0 aliphatic rings. The standard InChI is InChI=1S/C8H6ClNOS/c1-11-6-5-3-2-4-10-8(5)12-7(6)9/h2-4H,1H3. The summed E-state index contributed by atoms with van der Waals surface area (Å²) in [5.74, 6) is 0.727. The quantitative estimate of drug-likeness (QED) is 0.705. The van der Waals surface area contributed by atoms with Crippen LogP contribution in [0, 0.1) is 0 Å². The van der Waals surface area contributed by atoms with Gasteiger partial charge in [0.2, 0.25) is 0 Å². The number of nitrogens with zero attached hydrogens (tertiary/aromatic N) is 1. The molecule has 0 saturated carbocycles. The molecule has 0 saturated heterocycles. The van der Waals surface area contributed by atoms with E-state index in [1.54, 1.807) is 13.3 Å². The van der Waals surface area contributed by atoms with Gasteiger partial charge in [-0.05, 0) is 12.1 Å². The summed E-state index contributed by atoms with van der Waals surface area (Å²) in [6.07, 6.45) is 1.74. The van der Waals surface area contributed by atoms with Crippen LogP contribution in [0.4, 0.5) is 0 Å². The van der Waals surface area contributed by atoms with Crippen molar-refractivity contribution >= 4 is 33.2 Å². The summed E-state index contributed by atoms with van der Waals surface area (Å²) < 4.78 is 5.80. The largest absolute Gasteiger partial charge is 0.494 e. The first-order chi connectivity index (χ1) is 5.83. The Hall–Kier alpha value is -0.800. The second kappa shape index (κ2) is 2.92. The maximum absolute atomic E-state index is 5.92. The second-order valence-corrected chi connectivity index (χ2v) is 3.87. The van der Waals surface area contributed by atoms with Gasteiger partial charge in [0.25, 0.3) is 0 Å². The summed E-state index contributed by atoms with van der Waals surface area (Å²) in [6.45, 7) is 0. The highest BCUT2D eigenvalue weighted by molar-refractivity contribution is 7.22. The minimum absolute atomic E-state index is 0.659. The van der Waals surface area contributed by atoms with Crippen LogP contribution < -0.4 is 4.74 Å². The third kappa shape index (κ3) is 1.06. The van der Waals surface area contributed by atoms with E-state index < -0.39 is 0 Å². The molecule has 2 aromatic heterocycles. The number of fused-ring (bicyclic) bond motifs is 1.